The molecule has 2 N–H and O–H groups in total. The number of fused-ring (bicyclic) bond motifs is 1. The van der Waals surface area contributed by atoms with Crippen LogP contribution in [-0.2, 0) is 4.79 Å². The van der Waals surface area contributed by atoms with Crippen LogP contribution in [0.3, 0.4) is 0 Å². The summed E-state index contributed by atoms with van der Waals surface area (Å²) in [6.45, 7) is 0. The number of carbonyl (C=O) groups excluding carboxylic acids is 1. The Labute approximate surface area is 156 Å². The molecule has 0 radical (unpaired) electrons. The van der Waals surface area contributed by atoms with Crippen LogP contribution >= 0.6 is 11.3 Å². The highest BCUT2D eigenvalue weighted by Gasteiger charge is 2.33. The molecule has 0 saturated heterocycles. The number of nitrogens with one attached hydrogen (secondary N) is 2. The lowest BCUT2D eigenvalue weighted by Gasteiger charge is -2.26. The Kier molecular flexibility index (Phi) is 4.72. The maximum absolute atomic E-state index is 12.3. The number of hydrogen-bond donors (Lipinski definition) is 2. The Morgan fingerprint density at radius 2 is 2.12 bits per heavy atom. The van der Waals surface area contributed by atoms with Crippen LogP contribution in [0.25, 0.3) is 0 Å². The largest absolute Gasteiger partial charge is 0.493 e. The normalized spacial score (nSPS) is 19.8. The Hall–Kier alpha value is -2.28. The maximum Gasteiger partial charge on any atom is 0.226 e. The summed E-state index contributed by atoms with van der Waals surface area (Å²) in [4.78, 5) is 17.8. The zero-order chi connectivity index (χ0) is 18.1. The van der Waals surface area contributed by atoms with Gasteiger partial charge in [0.05, 0.1) is 18.1 Å². The Morgan fingerprint density at radius 3 is 2.85 bits per heavy atom. The number of anilines is 2. The molecule has 1 atom stereocenters. The fourth-order valence-corrected chi connectivity index (χ4v) is 4.74. The zero-order valence-electron chi connectivity index (χ0n) is 15.0. The smallest absolute Gasteiger partial charge is 0.226 e. The van der Waals surface area contributed by atoms with Gasteiger partial charge >= 0.3 is 0 Å². The average Bonchev–Trinajstić information content (AvgIpc) is 3.30. The van der Waals surface area contributed by atoms with E-state index in [2.05, 4.69) is 15.6 Å². The van der Waals surface area contributed by atoms with E-state index in [9.17, 15) is 4.79 Å². The molecule has 2 aliphatic rings. The number of nitrogens with zero attached hydrogens (tertiary/aromatic N) is 1. The first-order valence-electron chi connectivity index (χ1n) is 9.01. The van der Waals surface area contributed by atoms with Crippen LogP contribution < -0.4 is 20.1 Å². The Bertz CT molecular complexity index is 814. The minimum Gasteiger partial charge on any atom is -0.493 e. The number of hydrogen-bond acceptors (Lipinski definition) is 6. The first-order valence-corrected chi connectivity index (χ1v) is 9.83. The topological polar surface area (TPSA) is 72.5 Å². The van der Waals surface area contributed by atoms with Crippen molar-refractivity contribution < 1.29 is 14.3 Å². The molecule has 1 aliphatic carbocycles. The van der Waals surface area contributed by atoms with Gasteiger partial charge in [0.1, 0.15) is 5.82 Å². The molecular weight excluding hydrogens is 350 g/mol. The van der Waals surface area contributed by atoms with Crippen molar-refractivity contribution >= 4 is 28.2 Å². The third-order valence-electron chi connectivity index (χ3n) is 5.02. The van der Waals surface area contributed by atoms with Crippen molar-refractivity contribution in [3.8, 4) is 11.5 Å². The van der Waals surface area contributed by atoms with E-state index in [1.54, 1.807) is 18.4 Å². The second-order valence-corrected chi connectivity index (χ2v) is 7.72. The van der Waals surface area contributed by atoms with Crippen LogP contribution in [0, 0.1) is 0 Å². The quantitative estimate of drug-likeness (QED) is 0.829. The van der Waals surface area contributed by atoms with Gasteiger partial charge in [-0.05, 0) is 31.7 Å². The first-order chi connectivity index (χ1) is 12.7. The molecule has 7 heteroatoms. The van der Waals surface area contributed by atoms with Gasteiger partial charge in [0.15, 0.2) is 16.6 Å². The molecule has 1 saturated carbocycles. The highest BCUT2D eigenvalue weighted by molar-refractivity contribution is 7.16. The minimum absolute atomic E-state index is 0.0231. The molecule has 1 aliphatic heterocycles. The van der Waals surface area contributed by atoms with Gasteiger partial charge in [-0.2, -0.15) is 0 Å². The van der Waals surface area contributed by atoms with E-state index in [-0.39, 0.29) is 17.9 Å². The molecule has 138 valence electrons. The molecule has 4 rings (SSSR count). The van der Waals surface area contributed by atoms with Crippen molar-refractivity contribution in [3.63, 3.8) is 0 Å². The van der Waals surface area contributed by atoms with Gasteiger partial charge < -0.3 is 20.1 Å². The Balaban J connectivity index is 1.77. The number of aromatic nitrogens is 1. The summed E-state index contributed by atoms with van der Waals surface area (Å²) in [7, 11) is 3.49. The van der Waals surface area contributed by atoms with E-state index in [4.69, 9.17) is 9.47 Å². The number of methoxy groups -OCH3 is 1. The van der Waals surface area contributed by atoms with Crippen LogP contribution in [0.4, 0.5) is 10.9 Å². The van der Waals surface area contributed by atoms with Gasteiger partial charge in [0.2, 0.25) is 5.91 Å². The van der Waals surface area contributed by atoms with Gasteiger partial charge in [-0.25, -0.2) is 4.98 Å². The Morgan fingerprint density at radius 1 is 1.31 bits per heavy atom. The van der Waals surface area contributed by atoms with Gasteiger partial charge in [-0.1, -0.05) is 23.5 Å². The number of amides is 1. The predicted molar refractivity (Wildman–Crippen MR) is 103 cm³/mol. The summed E-state index contributed by atoms with van der Waals surface area (Å²) in [6, 6.07) is 5.92. The fraction of sp³-hybridized carbons (Fsp3) is 0.474. The van der Waals surface area contributed by atoms with E-state index in [1.807, 2.05) is 25.2 Å². The highest BCUT2D eigenvalue weighted by atomic mass is 32.1. The number of benzene rings is 1. The van der Waals surface area contributed by atoms with Crippen LogP contribution in [0.2, 0.25) is 0 Å². The molecule has 0 spiro atoms. The van der Waals surface area contributed by atoms with Gasteiger partial charge in [-0.3, -0.25) is 4.79 Å². The molecule has 0 unspecified atom stereocenters. The summed E-state index contributed by atoms with van der Waals surface area (Å²) in [5.74, 6) is 2.04. The SMILES string of the molecule is CNc1nc2c(s1)[C@@H](c1cccc(OC)c1OC1CCCC1)CC(=O)N2. The standard InChI is InChI=1S/C19H23N3O3S/c1-20-19-22-18-17(26-19)13(10-15(23)21-18)12-8-5-9-14(24-2)16(12)25-11-6-3-4-7-11/h5,8-9,11,13H,3-4,6-7,10H2,1-2H3,(H,20,22)(H,21,23)/t13-/m1/s1. The zero-order valence-corrected chi connectivity index (χ0v) is 15.8. The van der Waals surface area contributed by atoms with E-state index in [0.717, 1.165) is 39.9 Å². The fourth-order valence-electron chi connectivity index (χ4n) is 3.74. The molecule has 1 aromatic heterocycles. The molecule has 2 heterocycles. The van der Waals surface area contributed by atoms with Crippen molar-refractivity contribution in [2.75, 3.05) is 24.8 Å². The number of carbonyl (C=O) groups is 1. The second-order valence-electron chi connectivity index (χ2n) is 6.69. The molecule has 0 bridgehead atoms. The third-order valence-corrected chi connectivity index (χ3v) is 6.21. The third kappa shape index (κ3) is 3.11. The van der Waals surface area contributed by atoms with E-state index >= 15 is 0 Å². The summed E-state index contributed by atoms with van der Waals surface area (Å²) in [5.41, 5.74) is 0.999. The van der Waals surface area contributed by atoms with Gasteiger partial charge in [0.25, 0.3) is 0 Å². The van der Waals surface area contributed by atoms with Crippen LogP contribution in [0.1, 0.15) is 48.5 Å². The summed E-state index contributed by atoms with van der Waals surface area (Å²) >= 11 is 1.57. The molecule has 6 nitrogen and oxygen atoms in total. The average molecular weight is 373 g/mol. The number of para-hydroxylation sites is 1. The second kappa shape index (κ2) is 7.15. The number of thiazole rings is 1. The van der Waals surface area contributed by atoms with E-state index in [0.29, 0.717) is 12.2 Å². The van der Waals surface area contributed by atoms with Crippen molar-refractivity contribution in [3.05, 3.63) is 28.6 Å². The van der Waals surface area contributed by atoms with Crippen LogP contribution in [0.5, 0.6) is 11.5 Å². The lowest BCUT2D eigenvalue weighted by molar-refractivity contribution is -0.116. The van der Waals surface area contributed by atoms with Crippen molar-refractivity contribution in [1.82, 2.24) is 4.98 Å². The molecule has 1 amide bonds. The summed E-state index contributed by atoms with van der Waals surface area (Å²) in [6.07, 6.45) is 5.14. The van der Waals surface area contributed by atoms with Crippen molar-refractivity contribution in [1.29, 1.82) is 0 Å². The first kappa shape index (κ1) is 17.1. The van der Waals surface area contributed by atoms with Crippen LogP contribution in [-0.4, -0.2) is 31.2 Å². The van der Waals surface area contributed by atoms with Gasteiger partial charge in [-0.15, -0.1) is 0 Å². The summed E-state index contributed by atoms with van der Waals surface area (Å²) in [5, 5.41) is 6.75. The summed E-state index contributed by atoms with van der Waals surface area (Å²) < 4.78 is 12.0. The predicted octanol–water partition coefficient (Wildman–Crippen LogP) is 3.99. The van der Waals surface area contributed by atoms with Crippen molar-refractivity contribution in [2.24, 2.45) is 0 Å². The number of ether oxygens (including phenoxy) is 2. The minimum atomic E-state index is -0.0788. The molecule has 1 fully saturated rings. The lowest BCUT2D eigenvalue weighted by Crippen LogP contribution is -2.23. The van der Waals surface area contributed by atoms with Crippen LogP contribution in [0.15, 0.2) is 18.2 Å². The van der Waals surface area contributed by atoms with E-state index in [1.165, 1.54) is 12.8 Å². The lowest BCUT2D eigenvalue weighted by atomic mass is 9.90. The monoisotopic (exact) mass is 373 g/mol. The molecular formula is C19H23N3O3S. The van der Waals surface area contributed by atoms with Gasteiger partial charge in [0, 0.05) is 24.9 Å². The molecule has 1 aromatic carbocycles. The number of rotatable bonds is 5. The molecule has 26 heavy (non-hydrogen) atoms. The highest BCUT2D eigenvalue weighted by Crippen LogP contribution is 2.47. The molecule has 2 aromatic rings. The van der Waals surface area contributed by atoms with Crippen molar-refractivity contribution in [2.45, 2.75) is 44.1 Å². The van der Waals surface area contributed by atoms with E-state index < -0.39 is 0 Å². The maximum atomic E-state index is 12.3.